The molecule has 1 aliphatic heterocycles. The van der Waals surface area contributed by atoms with Gasteiger partial charge in [-0.15, -0.1) is 0 Å². The number of nitrogens with zero attached hydrogens (tertiary/aromatic N) is 2. The molecule has 0 radical (unpaired) electrons. The summed E-state index contributed by atoms with van der Waals surface area (Å²) >= 11 is 6.18. The Kier molecular flexibility index (Phi) is 4.09. The molecule has 3 aromatic rings. The average molecular weight is 363 g/mol. The van der Waals surface area contributed by atoms with Gasteiger partial charge < -0.3 is 19.4 Å². The fraction of sp³-hybridized carbons (Fsp3) is 0.294. The molecule has 1 saturated heterocycles. The summed E-state index contributed by atoms with van der Waals surface area (Å²) in [4.78, 5) is 16.2. The summed E-state index contributed by atoms with van der Waals surface area (Å²) in [5, 5.41) is 20.2. The number of hydrogen-bond acceptors (Lipinski definition) is 6. The molecule has 8 heteroatoms. The number of aliphatic hydroxyl groups excluding tert-OH is 2. The Bertz CT molecular complexity index is 983. The van der Waals surface area contributed by atoms with Crippen LogP contribution >= 0.6 is 11.6 Å². The standard InChI is InChI=1S/C17H15ClN2O5/c18-11-4-2-1-3-10(11)13-5-9-7-20(17(23)19-16(9)25-13)15-6-12(22)14(8-21)24-15/h1-5,7,12,14-15,21-22H,6,8H2/t12-,14+,15+/m0/s1. The van der Waals surface area contributed by atoms with Gasteiger partial charge in [0.2, 0.25) is 5.71 Å². The number of aliphatic hydroxyl groups is 2. The molecule has 2 N–H and O–H groups in total. The van der Waals surface area contributed by atoms with Gasteiger partial charge in [0.1, 0.15) is 18.1 Å². The van der Waals surface area contributed by atoms with Crippen LogP contribution in [0.5, 0.6) is 0 Å². The first-order valence-corrected chi connectivity index (χ1v) is 8.16. The van der Waals surface area contributed by atoms with Crippen LogP contribution in [0.25, 0.3) is 22.4 Å². The van der Waals surface area contributed by atoms with Gasteiger partial charge in [-0.1, -0.05) is 23.7 Å². The van der Waals surface area contributed by atoms with E-state index in [1.807, 2.05) is 18.2 Å². The summed E-state index contributed by atoms with van der Waals surface area (Å²) < 4.78 is 12.5. The van der Waals surface area contributed by atoms with Crippen LogP contribution in [0.15, 0.2) is 45.7 Å². The summed E-state index contributed by atoms with van der Waals surface area (Å²) in [6, 6.07) is 8.96. The van der Waals surface area contributed by atoms with Crippen molar-refractivity contribution in [2.75, 3.05) is 6.61 Å². The molecule has 130 valence electrons. The summed E-state index contributed by atoms with van der Waals surface area (Å²) in [7, 11) is 0. The van der Waals surface area contributed by atoms with Crippen molar-refractivity contribution in [3.8, 4) is 11.3 Å². The van der Waals surface area contributed by atoms with Gasteiger partial charge in [0.15, 0.2) is 0 Å². The maximum atomic E-state index is 12.3. The molecule has 3 heterocycles. The Labute approximate surface area is 147 Å². The van der Waals surface area contributed by atoms with Crippen LogP contribution in [-0.4, -0.2) is 38.6 Å². The maximum absolute atomic E-state index is 12.3. The van der Waals surface area contributed by atoms with Crippen LogP contribution in [-0.2, 0) is 4.74 Å². The van der Waals surface area contributed by atoms with Crippen LogP contribution in [0.1, 0.15) is 12.6 Å². The van der Waals surface area contributed by atoms with Gasteiger partial charge in [-0.2, -0.15) is 4.98 Å². The number of aromatic nitrogens is 2. The molecule has 25 heavy (non-hydrogen) atoms. The normalized spacial score (nSPS) is 23.4. The van der Waals surface area contributed by atoms with E-state index in [9.17, 15) is 15.0 Å². The van der Waals surface area contributed by atoms with Crippen LogP contribution < -0.4 is 5.69 Å². The molecule has 0 amide bonds. The second kappa shape index (κ2) is 6.27. The first-order valence-electron chi connectivity index (χ1n) is 7.79. The number of fused-ring (bicyclic) bond motifs is 1. The molecule has 3 atom stereocenters. The van der Waals surface area contributed by atoms with Crippen molar-refractivity contribution in [1.29, 1.82) is 0 Å². The SMILES string of the molecule is O=c1nc2oc(-c3ccccc3Cl)cc2cn1[C@H]1C[C@H](O)[C@@H](CO)O1. The van der Waals surface area contributed by atoms with Crippen molar-refractivity contribution in [3.63, 3.8) is 0 Å². The first kappa shape index (κ1) is 16.3. The molecular formula is C17H15ClN2O5. The van der Waals surface area contributed by atoms with Crippen LogP contribution in [0.3, 0.4) is 0 Å². The molecule has 0 bridgehead atoms. The number of furan rings is 1. The predicted octanol–water partition coefficient (Wildman–Crippen LogP) is 1.95. The van der Waals surface area contributed by atoms with Crippen molar-refractivity contribution in [2.24, 2.45) is 0 Å². The monoisotopic (exact) mass is 362 g/mol. The Morgan fingerprint density at radius 1 is 1.36 bits per heavy atom. The molecule has 0 unspecified atom stereocenters. The van der Waals surface area contributed by atoms with E-state index in [2.05, 4.69) is 4.98 Å². The number of hydrogen-bond donors (Lipinski definition) is 2. The van der Waals surface area contributed by atoms with E-state index >= 15 is 0 Å². The third kappa shape index (κ3) is 2.85. The summed E-state index contributed by atoms with van der Waals surface area (Å²) in [5.41, 5.74) is 0.353. The van der Waals surface area contributed by atoms with Gasteiger partial charge in [0.25, 0.3) is 0 Å². The average Bonchev–Trinajstić information content (AvgIpc) is 3.17. The minimum Gasteiger partial charge on any atom is -0.437 e. The quantitative estimate of drug-likeness (QED) is 0.739. The van der Waals surface area contributed by atoms with Gasteiger partial charge in [-0.05, 0) is 18.2 Å². The highest BCUT2D eigenvalue weighted by molar-refractivity contribution is 6.33. The van der Waals surface area contributed by atoms with Gasteiger partial charge >= 0.3 is 5.69 Å². The Morgan fingerprint density at radius 2 is 2.16 bits per heavy atom. The number of rotatable bonds is 3. The maximum Gasteiger partial charge on any atom is 0.353 e. The zero-order valence-electron chi connectivity index (χ0n) is 13.0. The smallest absolute Gasteiger partial charge is 0.353 e. The topological polar surface area (TPSA) is 97.7 Å². The fourth-order valence-corrected chi connectivity index (χ4v) is 3.20. The lowest BCUT2D eigenvalue weighted by Crippen LogP contribution is -2.27. The lowest BCUT2D eigenvalue weighted by molar-refractivity contribution is -0.0457. The Hall–Kier alpha value is -2.19. The Morgan fingerprint density at radius 3 is 2.88 bits per heavy atom. The molecule has 0 aliphatic carbocycles. The van der Waals surface area contributed by atoms with E-state index in [0.717, 1.165) is 0 Å². The molecule has 2 aromatic heterocycles. The van der Waals surface area contributed by atoms with Crippen molar-refractivity contribution in [1.82, 2.24) is 9.55 Å². The van der Waals surface area contributed by atoms with Crippen LogP contribution in [0.4, 0.5) is 0 Å². The number of ether oxygens (including phenoxy) is 1. The predicted molar refractivity (Wildman–Crippen MR) is 90.3 cm³/mol. The molecular weight excluding hydrogens is 348 g/mol. The zero-order valence-corrected chi connectivity index (χ0v) is 13.8. The first-order chi connectivity index (χ1) is 12.1. The van der Waals surface area contributed by atoms with Crippen molar-refractivity contribution in [3.05, 3.63) is 52.0 Å². The number of halogens is 1. The lowest BCUT2D eigenvalue weighted by atomic mass is 10.1. The molecule has 7 nitrogen and oxygen atoms in total. The highest BCUT2D eigenvalue weighted by Crippen LogP contribution is 2.32. The molecule has 4 rings (SSSR count). The lowest BCUT2D eigenvalue weighted by Gasteiger charge is -2.13. The van der Waals surface area contributed by atoms with Crippen LogP contribution in [0, 0.1) is 0 Å². The highest BCUT2D eigenvalue weighted by atomic mass is 35.5. The minimum atomic E-state index is -0.833. The second-order valence-corrected chi connectivity index (χ2v) is 6.30. The van der Waals surface area contributed by atoms with Crippen molar-refractivity contribution in [2.45, 2.75) is 24.9 Å². The summed E-state index contributed by atoms with van der Waals surface area (Å²) in [5.74, 6) is 0.505. The molecule has 1 aliphatic rings. The minimum absolute atomic E-state index is 0.202. The van der Waals surface area contributed by atoms with E-state index in [1.165, 1.54) is 4.57 Å². The largest absolute Gasteiger partial charge is 0.437 e. The van der Waals surface area contributed by atoms with Gasteiger partial charge in [-0.3, -0.25) is 4.57 Å². The van der Waals surface area contributed by atoms with E-state index in [-0.39, 0.29) is 18.7 Å². The van der Waals surface area contributed by atoms with Crippen LogP contribution in [0.2, 0.25) is 5.02 Å². The van der Waals surface area contributed by atoms with Crippen molar-refractivity contribution >= 4 is 22.7 Å². The summed E-state index contributed by atoms with van der Waals surface area (Å²) in [6.45, 7) is -0.315. The third-order valence-electron chi connectivity index (χ3n) is 4.27. The van der Waals surface area contributed by atoms with Gasteiger partial charge in [0.05, 0.1) is 23.1 Å². The summed E-state index contributed by atoms with van der Waals surface area (Å²) in [6.07, 6.45) is -0.453. The molecule has 1 aromatic carbocycles. The van der Waals surface area contributed by atoms with E-state index < -0.39 is 24.1 Å². The second-order valence-electron chi connectivity index (χ2n) is 5.90. The molecule has 1 fully saturated rings. The van der Waals surface area contributed by atoms with Crippen molar-refractivity contribution < 1.29 is 19.4 Å². The fourth-order valence-electron chi connectivity index (χ4n) is 2.98. The molecule has 0 spiro atoms. The van der Waals surface area contributed by atoms with Gasteiger partial charge in [-0.25, -0.2) is 4.79 Å². The van der Waals surface area contributed by atoms with Gasteiger partial charge in [0, 0.05) is 18.2 Å². The highest BCUT2D eigenvalue weighted by Gasteiger charge is 2.35. The third-order valence-corrected chi connectivity index (χ3v) is 4.60. The van der Waals surface area contributed by atoms with E-state index in [0.29, 0.717) is 21.7 Å². The Balaban J connectivity index is 1.75. The van der Waals surface area contributed by atoms with E-state index in [1.54, 1.807) is 18.3 Å². The zero-order chi connectivity index (χ0) is 17.6. The van der Waals surface area contributed by atoms with E-state index in [4.69, 9.17) is 20.8 Å². The number of benzene rings is 1. The molecule has 0 saturated carbocycles.